The van der Waals surface area contributed by atoms with Gasteiger partial charge in [-0.05, 0) is 31.9 Å². The molecule has 3 N–H and O–H groups in total. The van der Waals surface area contributed by atoms with Gasteiger partial charge in [-0.15, -0.1) is 11.3 Å². The molecule has 5 nitrogen and oxygen atoms in total. The second-order valence-electron chi connectivity index (χ2n) is 5.58. The molecule has 3 unspecified atom stereocenters. The number of likely N-dealkylation sites (tertiary alicyclic amines) is 1. The summed E-state index contributed by atoms with van der Waals surface area (Å²) < 4.78 is 4.67. The number of nitrogens with two attached hydrogens (primary N) is 1. The van der Waals surface area contributed by atoms with Crippen LogP contribution in [0, 0.1) is 6.92 Å². The standard InChI is InChI=1S/C15H25N3O2S/c1-4-12(16)14(13-6-5-10(2)21-13)18-8-7-11(9-18)17-15(19)20-3/h5-6,11-12,14H,4,7-9,16H2,1-3H3,(H,17,19). The monoisotopic (exact) mass is 311 g/mol. The molecule has 2 rings (SSSR count). The van der Waals surface area contributed by atoms with Crippen molar-refractivity contribution < 1.29 is 9.53 Å². The Morgan fingerprint density at radius 1 is 1.62 bits per heavy atom. The lowest BCUT2D eigenvalue weighted by molar-refractivity contribution is 0.164. The van der Waals surface area contributed by atoms with Crippen LogP contribution < -0.4 is 11.1 Å². The highest BCUT2D eigenvalue weighted by atomic mass is 32.1. The smallest absolute Gasteiger partial charge is 0.407 e. The van der Waals surface area contributed by atoms with Gasteiger partial charge in [0.1, 0.15) is 0 Å². The van der Waals surface area contributed by atoms with Gasteiger partial charge >= 0.3 is 6.09 Å². The number of hydrogen-bond donors (Lipinski definition) is 2. The molecule has 1 aliphatic rings. The van der Waals surface area contributed by atoms with E-state index in [1.165, 1.54) is 16.9 Å². The Labute approximate surface area is 130 Å². The van der Waals surface area contributed by atoms with E-state index in [2.05, 4.69) is 40.9 Å². The Morgan fingerprint density at radius 2 is 2.38 bits per heavy atom. The first-order chi connectivity index (χ1) is 10.0. The predicted molar refractivity (Wildman–Crippen MR) is 85.6 cm³/mol. The molecule has 6 heteroatoms. The van der Waals surface area contributed by atoms with Crippen LogP contribution in [0.2, 0.25) is 0 Å². The quantitative estimate of drug-likeness (QED) is 0.875. The van der Waals surface area contributed by atoms with Crippen LogP contribution in [-0.2, 0) is 4.74 Å². The molecular formula is C15H25N3O2S. The first-order valence-electron chi connectivity index (χ1n) is 7.45. The fraction of sp³-hybridized carbons (Fsp3) is 0.667. The SMILES string of the molecule is CCC(N)C(c1ccc(C)s1)N1CCC(NC(=O)OC)C1. The largest absolute Gasteiger partial charge is 0.453 e. The Balaban J connectivity index is 2.07. The lowest BCUT2D eigenvalue weighted by Gasteiger charge is -2.31. The van der Waals surface area contributed by atoms with E-state index in [1.54, 1.807) is 0 Å². The number of hydrogen-bond acceptors (Lipinski definition) is 5. The highest BCUT2D eigenvalue weighted by Crippen LogP contribution is 2.33. The second kappa shape index (κ2) is 7.24. The average molecular weight is 311 g/mol. The number of alkyl carbamates (subject to hydrolysis) is 1. The van der Waals surface area contributed by atoms with Crippen LogP contribution in [0.15, 0.2) is 12.1 Å². The maximum absolute atomic E-state index is 11.3. The van der Waals surface area contributed by atoms with E-state index in [0.29, 0.717) is 0 Å². The molecule has 0 bridgehead atoms. The van der Waals surface area contributed by atoms with Crippen LogP contribution in [0.5, 0.6) is 0 Å². The normalized spacial score (nSPS) is 22.0. The summed E-state index contributed by atoms with van der Waals surface area (Å²) in [4.78, 5) is 16.3. The fourth-order valence-corrected chi connectivity index (χ4v) is 3.97. The van der Waals surface area contributed by atoms with Crippen LogP contribution in [0.3, 0.4) is 0 Å². The van der Waals surface area contributed by atoms with Crippen LogP contribution >= 0.6 is 11.3 Å². The average Bonchev–Trinajstić information content (AvgIpc) is 3.09. The number of rotatable bonds is 5. The molecule has 1 amide bonds. The molecule has 1 aromatic rings. The van der Waals surface area contributed by atoms with E-state index in [0.717, 1.165) is 25.9 Å². The van der Waals surface area contributed by atoms with Crippen LogP contribution in [-0.4, -0.2) is 43.3 Å². The number of aryl methyl sites for hydroxylation is 1. The topological polar surface area (TPSA) is 67.6 Å². The molecule has 118 valence electrons. The van der Waals surface area contributed by atoms with E-state index in [9.17, 15) is 4.79 Å². The van der Waals surface area contributed by atoms with Crippen molar-refractivity contribution in [2.75, 3.05) is 20.2 Å². The molecule has 1 saturated heterocycles. The second-order valence-corrected chi connectivity index (χ2v) is 6.90. The van der Waals surface area contributed by atoms with Gasteiger partial charge in [-0.3, -0.25) is 4.90 Å². The Kier molecular flexibility index (Phi) is 5.61. The van der Waals surface area contributed by atoms with Gasteiger partial charge in [0.05, 0.1) is 13.2 Å². The summed E-state index contributed by atoms with van der Waals surface area (Å²) in [5, 5.41) is 2.89. The Bertz CT molecular complexity index is 477. The minimum atomic E-state index is -0.356. The van der Waals surface area contributed by atoms with Crippen molar-refractivity contribution in [2.24, 2.45) is 5.73 Å². The molecule has 1 fully saturated rings. The van der Waals surface area contributed by atoms with Gasteiger partial charge < -0.3 is 15.8 Å². The van der Waals surface area contributed by atoms with Crippen LogP contribution in [0.1, 0.15) is 35.6 Å². The zero-order valence-corrected chi connectivity index (χ0v) is 13.8. The minimum Gasteiger partial charge on any atom is -0.453 e. The molecule has 21 heavy (non-hydrogen) atoms. The summed E-state index contributed by atoms with van der Waals surface area (Å²) >= 11 is 1.81. The number of ether oxygens (including phenoxy) is 1. The molecule has 1 aromatic heterocycles. The fourth-order valence-electron chi connectivity index (χ4n) is 2.88. The van der Waals surface area contributed by atoms with Crippen molar-refractivity contribution in [3.05, 3.63) is 21.9 Å². The molecule has 0 aromatic carbocycles. The molecular weight excluding hydrogens is 286 g/mol. The van der Waals surface area contributed by atoms with Gasteiger partial charge in [-0.2, -0.15) is 0 Å². The summed E-state index contributed by atoms with van der Waals surface area (Å²) in [6.07, 6.45) is 1.52. The summed E-state index contributed by atoms with van der Waals surface area (Å²) in [6, 6.07) is 4.82. The van der Waals surface area contributed by atoms with Crippen LogP contribution in [0.4, 0.5) is 4.79 Å². The first-order valence-corrected chi connectivity index (χ1v) is 8.27. The van der Waals surface area contributed by atoms with Gasteiger partial charge in [0, 0.05) is 34.9 Å². The van der Waals surface area contributed by atoms with Crippen molar-refractivity contribution in [1.82, 2.24) is 10.2 Å². The molecule has 0 radical (unpaired) electrons. The Morgan fingerprint density at radius 3 is 2.95 bits per heavy atom. The number of thiophene rings is 1. The third-order valence-corrected chi connectivity index (χ3v) is 5.12. The highest BCUT2D eigenvalue weighted by Gasteiger charge is 2.33. The van der Waals surface area contributed by atoms with E-state index in [-0.39, 0.29) is 24.2 Å². The van der Waals surface area contributed by atoms with Crippen molar-refractivity contribution in [3.8, 4) is 0 Å². The van der Waals surface area contributed by atoms with E-state index < -0.39 is 0 Å². The van der Waals surface area contributed by atoms with Gasteiger partial charge in [-0.25, -0.2) is 4.79 Å². The van der Waals surface area contributed by atoms with Crippen molar-refractivity contribution in [3.63, 3.8) is 0 Å². The number of methoxy groups -OCH3 is 1. The number of nitrogens with one attached hydrogen (secondary N) is 1. The number of carbonyl (C=O) groups excluding carboxylic acids is 1. The molecule has 2 heterocycles. The Hall–Kier alpha value is -1.11. The van der Waals surface area contributed by atoms with Crippen molar-refractivity contribution >= 4 is 17.4 Å². The predicted octanol–water partition coefficient (Wildman–Crippen LogP) is 2.27. The van der Waals surface area contributed by atoms with E-state index in [4.69, 9.17) is 5.73 Å². The van der Waals surface area contributed by atoms with Gasteiger partial charge in [0.25, 0.3) is 0 Å². The first kappa shape index (κ1) is 16.3. The lowest BCUT2D eigenvalue weighted by Crippen LogP contribution is -2.42. The highest BCUT2D eigenvalue weighted by molar-refractivity contribution is 7.12. The zero-order valence-electron chi connectivity index (χ0n) is 13.0. The number of nitrogens with zero attached hydrogens (tertiary/aromatic N) is 1. The third-order valence-electron chi connectivity index (χ3n) is 4.05. The summed E-state index contributed by atoms with van der Waals surface area (Å²) in [7, 11) is 1.40. The third kappa shape index (κ3) is 3.96. The molecule has 1 aliphatic heterocycles. The number of amides is 1. The van der Waals surface area contributed by atoms with E-state index in [1.807, 2.05) is 11.3 Å². The summed E-state index contributed by atoms with van der Waals surface area (Å²) in [6.45, 7) is 6.01. The minimum absolute atomic E-state index is 0.111. The van der Waals surface area contributed by atoms with Crippen molar-refractivity contribution in [2.45, 2.75) is 44.8 Å². The summed E-state index contributed by atoms with van der Waals surface area (Å²) in [5.41, 5.74) is 6.36. The van der Waals surface area contributed by atoms with Gasteiger partial charge in [-0.1, -0.05) is 6.92 Å². The molecule has 3 atom stereocenters. The molecule has 0 saturated carbocycles. The number of carbonyl (C=O) groups is 1. The van der Waals surface area contributed by atoms with Gasteiger partial charge in [0.15, 0.2) is 0 Å². The lowest BCUT2D eigenvalue weighted by atomic mass is 10.0. The summed E-state index contributed by atoms with van der Waals surface area (Å²) in [5.74, 6) is 0. The maximum Gasteiger partial charge on any atom is 0.407 e. The van der Waals surface area contributed by atoms with E-state index >= 15 is 0 Å². The van der Waals surface area contributed by atoms with Crippen LogP contribution in [0.25, 0.3) is 0 Å². The van der Waals surface area contributed by atoms with Crippen molar-refractivity contribution in [1.29, 1.82) is 0 Å². The zero-order chi connectivity index (χ0) is 15.4. The molecule has 0 spiro atoms. The van der Waals surface area contributed by atoms with Gasteiger partial charge in [0.2, 0.25) is 0 Å². The maximum atomic E-state index is 11.3. The molecule has 0 aliphatic carbocycles.